The average Bonchev–Trinajstić information content (AvgIpc) is 3.03. The van der Waals surface area contributed by atoms with Gasteiger partial charge in [0.2, 0.25) is 0 Å². The highest BCUT2D eigenvalue weighted by Gasteiger charge is 2.22. The Morgan fingerprint density at radius 2 is 1.74 bits per heavy atom. The fourth-order valence-electron chi connectivity index (χ4n) is 2.52. The van der Waals surface area contributed by atoms with Gasteiger partial charge in [-0.1, -0.05) is 46.3 Å². The topological polar surface area (TPSA) is 24.7 Å². The maximum Gasteiger partial charge on any atom is 0.0803 e. The lowest BCUT2D eigenvalue weighted by Crippen LogP contribution is -2.03. The molecule has 0 bridgehead atoms. The summed E-state index contributed by atoms with van der Waals surface area (Å²) in [5.41, 5.74) is 4.38. The third kappa shape index (κ3) is 1.55. The molecule has 2 aliphatic heterocycles. The Bertz CT molecular complexity index is 826. The lowest BCUT2D eigenvalue weighted by Gasteiger charge is -2.09. The van der Waals surface area contributed by atoms with Gasteiger partial charge in [-0.3, -0.25) is 9.98 Å². The molecule has 4 rings (SSSR count). The van der Waals surface area contributed by atoms with Crippen molar-refractivity contribution in [2.45, 2.75) is 0 Å². The van der Waals surface area contributed by atoms with Crippen molar-refractivity contribution in [3.8, 4) is 0 Å². The van der Waals surface area contributed by atoms with Crippen LogP contribution in [-0.4, -0.2) is 11.9 Å². The molecule has 19 heavy (non-hydrogen) atoms. The van der Waals surface area contributed by atoms with E-state index in [4.69, 9.17) is 0 Å². The van der Waals surface area contributed by atoms with Crippen molar-refractivity contribution in [2.75, 3.05) is 0 Å². The zero-order chi connectivity index (χ0) is 12.8. The Balaban J connectivity index is 1.97. The minimum atomic E-state index is 1.01. The van der Waals surface area contributed by atoms with Crippen molar-refractivity contribution in [3.05, 3.63) is 70.0 Å². The number of rotatable bonds is 1. The van der Waals surface area contributed by atoms with Crippen LogP contribution in [0.2, 0.25) is 0 Å². The molecule has 0 amide bonds. The van der Waals surface area contributed by atoms with Gasteiger partial charge in [0.25, 0.3) is 0 Å². The molecular weight excluding hydrogens is 300 g/mol. The minimum Gasteiger partial charge on any atom is -0.263 e. The molecule has 2 nitrogen and oxygen atoms in total. The first-order valence-corrected chi connectivity index (χ1v) is 6.83. The van der Waals surface area contributed by atoms with Gasteiger partial charge >= 0.3 is 0 Å². The van der Waals surface area contributed by atoms with Crippen LogP contribution in [0.1, 0.15) is 5.56 Å². The maximum absolute atomic E-state index is 4.55. The van der Waals surface area contributed by atoms with Crippen LogP contribution in [0.25, 0.3) is 10.8 Å². The van der Waals surface area contributed by atoms with Gasteiger partial charge in [0, 0.05) is 39.8 Å². The molecule has 0 unspecified atom stereocenters. The summed E-state index contributed by atoms with van der Waals surface area (Å²) in [6, 6.07) is 12.5. The van der Waals surface area contributed by atoms with Crippen LogP contribution < -0.4 is 0 Å². The molecule has 90 valence electrons. The molecule has 2 aromatic rings. The van der Waals surface area contributed by atoms with E-state index in [0.717, 1.165) is 26.9 Å². The first-order chi connectivity index (χ1) is 9.34. The molecule has 0 N–H and O–H groups in total. The van der Waals surface area contributed by atoms with Gasteiger partial charge in [0.15, 0.2) is 0 Å². The van der Waals surface area contributed by atoms with Crippen LogP contribution in [0, 0.1) is 0 Å². The van der Waals surface area contributed by atoms with Crippen molar-refractivity contribution >= 4 is 38.6 Å². The van der Waals surface area contributed by atoms with Gasteiger partial charge in [0.05, 0.1) is 5.71 Å². The molecule has 0 aromatic heterocycles. The molecule has 2 aromatic carbocycles. The normalized spacial score (nSPS) is 16.4. The van der Waals surface area contributed by atoms with Gasteiger partial charge in [-0.2, -0.15) is 0 Å². The predicted molar refractivity (Wildman–Crippen MR) is 82.8 cm³/mol. The zero-order valence-corrected chi connectivity index (χ0v) is 11.6. The van der Waals surface area contributed by atoms with E-state index >= 15 is 0 Å². The molecule has 0 fully saturated rings. The number of allylic oxidation sites excluding steroid dienone is 2. The van der Waals surface area contributed by atoms with Gasteiger partial charge < -0.3 is 0 Å². The monoisotopic (exact) mass is 308 g/mol. The van der Waals surface area contributed by atoms with E-state index in [1.807, 2.05) is 18.6 Å². The number of benzene rings is 2. The molecule has 0 saturated heterocycles. The quantitative estimate of drug-likeness (QED) is 0.752. The lowest BCUT2D eigenvalue weighted by molar-refractivity contribution is 1.56. The Labute approximate surface area is 119 Å². The Hall–Kier alpha value is -2.00. The van der Waals surface area contributed by atoms with Crippen molar-refractivity contribution in [1.29, 1.82) is 0 Å². The summed E-state index contributed by atoms with van der Waals surface area (Å²) in [7, 11) is 0. The highest BCUT2D eigenvalue weighted by molar-refractivity contribution is 9.10. The van der Waals surface area contributed by atoms with E-state index in [2.05, 4.69) is 62.3 Å². The third-order valence-electron chi connectivity index (χ3n) is 3.44. The molecule has 0 radical (unpaired) electrons. The average molecular weight is 309 g/mol. The molecular formula is C16H9BrN2. The van der Waals surface area contributed by atoms with E-state index in [0.29, 0.717) is 0 Å². The van der Waals surface area contributed by atoms with E-state index in [-0.39, 0.29) is 0 Å². The van der Waals surface area contributed by atoms with Gasteiger partial charge in [-0.15, -0.1) is 0 Å². The summed E-state index contributed by atoms with van der Waals surface area (Å²) in [5, 5.41) is 2.41. The number of halogens is 1. The Morgan fingerprint density at radius 1 is 0.895 bits per heavy atom. The van der Waals surface area contributed by atoms with E-state index < -0.39 is 0 Å². The number of hydrogen-bond acceptors (Lipinski definition) is 2. The SMILES string of the molecule is Brc1ccc(C2=NC=C3C=NC=C32)c2ccccc12. The second kappa shape index (κ2) is 4.00. The molecule has 3 heteroatoms. The molecule has 2 heterocycles. The van der Waals surface area contributed by atoms with Crippen LogP contribution in [0.3, 0.4) is 0 Å². The number of hydrogen-bond donors (Lipinski definition) is 0. The van der Waals surface area contributed by atoms with Crippen molar-refractivity contribution in [1.82, 2.24) is 0 Å². The minimum absolute atomic E-state index is 1.01. The van der Waals surface area contributed by atoms with Crippen molar-refractivity contribution in [3.63, 3.8) is 0 Å². The van der Waals surface area contributed by atoms with Crippen molar-refractivity contribution in [2.24, 2.45) is 9.98 Å². The first-order valence-electron chi connectivity index (χ1n) is 6.04. The van der Waals surface area contributed by atoms with Gasteiger partial charge in [-0.25, -0.2) is 0 Å². The van der Waals surface area contributed by atoms with Crippen LogP contribution in [0.15, 0.2) is 74.4 Å². The second-order valence-electron chi connectivity index (χ2n) is 4.52. The highest BCUT2D eigenvalue weighted by Crippen LogP contribution is 2.32. The molecule has 0 aliphatic carbocycles. The maximum atomic E-state index is 4.55. The predicted octanol–water partition coefficient (Wildman–Crippen LogP) is 4.26. The summed E-state index contributed by atoms with van der Waals surface area (Å²) in [4.78, 5) is 8.75. The number of fused-ring (bicyclic) bond motifs is 2. The van der Waals surface area contributed by atoms with Crippen LogP contribution in [-0.2, 0) is 0 Å². The van der Waals surface area contributed by atoms with Crippen molar-refractivity contribution < 1.29 is 0 Å². The smallest absolute Gasteiger partial charge is 0.0803 e. The molecule has 0 spiro atoms. The van der Waals surface area contributed by atoms with E-state index in [1.165, 1.54) is 10.8 Å². The van der Waals surface area contributed by atoms with E-state index in [9.17, 15) is 0 Å². The number of nitrogens with zero attached hydrogens (tertiary/aromatic N) is 2. The fourth-order valence-corrected chi connectivity index (χ4v) is 3.00. The summed E-state index contributed by atoms with van der Waals surface area (Å²) in [6.07, 6.45) is 5.62. The number of aliphatic imine (C=N–C) groups is 2. The molecule has 0 saturated carbocycles. The highest BCUT2D eigenvalue weighted by atomic mass is 79.9. The van der Waals surface area contributed by atoms with Gasteiger partial charge in [0.1, 0.15) is 0 Å². The first kappa shape index (κ1) is 10.9. The largest absolute Gasteiger partial charge is 0.263 e. The standard InChI is InChI=1S/C16H9BrN2/c17-15-6-5-13(11-3-1-2-4-12(11)15)16-14-9-18-7-10(14)8-19-16/h1-9H. The van der Waals surface area contributed by atoms with Gasteiger partial charge in [-0.05, 0) is 16.8 Å². The summed E-state index contributed by atoms with van der Waals surface area (Å²) < 4.78 is 1.11. The zero-order valence-electron chi connectivity index (χ0n) is 9.97. The Morgan fingerprint density at radius 3 is 2.63 bits per heavy atom. The molecule has 2 aliphatic rings. The van der Waals surface area contributed by atoms with E-state index in [1.54, 1.807) is 0 Å². The summed E-state index contributed by atoms with van der Waals surface area (Å²) in [5.74, 6) is 0. The Kier molecular flexibility index (Phi) is 2.29. The molecule has 0 atom stereocenters. The van der Waals surface area contributed by atoms with Crippen LogP contribution >= 0.6 is 15.9 Å². The summed E-state index contributed by atoms with van der Waals surface area (Å²) in [6.45, 7) is 0. The van der Waals surface area contributed by atoms with Crippen LogP contribution in [0.4, 0.5) is 0 Å². The second-order valence-corrected chi connectivity index (χ2v) is 5.38. The lowest BCUT2D eigenvalue weighted by atomic mass is 9.96. The van der Waals surface area contributed by atoms with Crippen LogP contribution in [0.5, 0.6) is 0 Å². The summed E-state index contributed by atoms with van der Waals surface area (Å²) >= 11 is 3.60. The fraction of sp³-hybridized carbons (Fsp3) is 0. The third-order valence-corrected chi connectivity index (χ3v) is 4.13.